The Morgan fingerprint density at radius 3 is 2.56 bits per heavy atom. The van der Waals surface area contributed by atoms with Crippen molar-refractivity contribution in [1.82, 2.24) is 19.3 Å². The number of nitrogens with one attached hydrogen (secondary N) is 2. The number of hydrogen-bond acceptors (Lipinski definition) is 8. The third-order valence-electron chi connectivity index (χ3n) is 5.26. The number of carbonyl (C=O) groups is 2. The van der Waals surface area contributed by atoms with Gasteiger partial charge in [0.25, 0.3) is 5.91 Å². The molecule has 3 heterocycles. The quantitative estimate of drug-likeness (QED) is 0.305. The van der Waals surface area contributed by atoms with Crippen molar-refractivity contribution in [2.24, 2.45) is 0 Å². The van der Waals surface area contributed by atoms with E-state index in [1.807, 2.05) is 41.8 Å². The second-order valence-electron chi connectivity index (χ2n) is 7.88. The van der Waals surface area contributed by atoms with Gasteiger partial charge in [0.1, 0.15) is 6.04 Å². The summed E-state index contributed by atoms with van der Waals surface area (Å²) in [5, 5.41) is 16.8. The van der Waals surface area contributed by atoms with Crippen LogP contribution in [-0.4, -0.2) is 58.2 Å². The lowest BCUT2D eigenvalue weighted by Crippen LogP contribution is -2.44. The number of aliphatic hydroxyl groups is 1. The zero-order chi connectivity index (χ0) is 25.7. The minimum atomic E-state index is -3.54. The van der Waals surface area contributed by atoms with Gasteiger partial charge in [-0.05, 0) is 41.8 Å². The highest BCUT2D eigenvalue weighted by Crippen LogP contribution is 2.28. The number of pyridine rings is 1. The lowest BCUT2D eigenvalue weighted by atomic mass is 10.0. The van der Waals surface area contributed by atoms with Crippen molar-refractivity contribution in [3.63, 3.8) is 0 Å². The van der Waals surface area contributed by atoms with E-state index in [0.717, 1.165) is 33.1 Å². The first kappa shape index (κ1) is 25.2. The lowest BCUT2D eigenvalue weighted by molar-refractivity contribution is -0.118. The zero-order valence-corrected chi connectivity index (χ0v) is 20.8. The summed E-state index contributed by atoms with van der Waals surface area (Å²) in [5.74, 6) is -1.19. The van der Waals surface area contributed by atoms with Crippen LogP contribution < -0.4 is 10.6 Å². The molecule has 0 bridgehead atoms. The molecule has 36 heavy (non-hydrogen) atoms. The molecular formula is C24H23N5O5S2. The van der Waals surface area contributed by atoms with Gasteiger partial charge in [-0.3, -0.25) is 18.5 Å². The smallest absolute Gasteiger partial charge is 0.253 e. The number of nitrogens with zero attached hydrogens (tertiary/aromatic N) is 3. The van der Waals surface area contributed by atoms with Crippen LogP contribution in [0, 0.1) is 0 Å². The molecule has 2 amide bonds. The Morgan fingerprint density at radius 2 is 1.86 bits per heavy atom. The van der Waals surface area contributed by atoms with Crippen LogP contribution in [0.2, 0.25) is 0 Å². The molecule has 0 fully saturated rings. The predicted octanol–water partition coefficient (Wildman–Crippen LogP) is 2.60. The Balaban J connectivity index is 1.45. The topological polar surface area (TPSA) is 143 Å². The van der Waals surface area contributed by atoms with Crippen molar-refractivity contribution < 1.29 is 23.1 Å². The van der Waals surface area contributed by atoms with Gasteiger partial charge in [0, 0.05) is 42.3 Å². The van der Waals surface area contributed by atoms with E-state index in [-0.39, 0.29) is 18.6 Å². The number of benzene rings is 1. The number of rotatable bonds is 9. The molecule has 1 unspecified atom stereocenters. The van der Waals surface area contributed by atoms with Crippen molar-refractivity contribution in [2.45, 2.75) is 12.5 Å². The van der Waals surface area contributed by atoms with Gasteiger partial charge in [-0.1, -0.05) is 18.2 Å². The molecule has 1 aromatic carbocycles. The van der Waals surface area contributed by atoms with E-state index in [4.69, 9.17) is 0 Å². The van der Waals surface area contributed by atoms with Crippen LogP contribution in [0.3, 0.4) is 0 Å². The Hall–Kier alpha value is -3.87. The monoisotopic (exact) mass is 525 g/mol. The van der Waals surface area contributed by atoms with Gasteiger partial charge < -0.3 is 15.7 Å². The lowest BCUT2D eigenvalue weighted by Gasteiger charge is -2.16. The van der Waals surface area contributed by atoms with Crippen LogP contribution in [0.5, 0.6) is 0 Å². The molecule has 0 saturated carbocycles. The third kappa shape index (κ3) is 6.03. The minimum Gasteiger partial charge on any atom is -0.396 e. The van der Waals surface area contributed by atoms with Gasteiger partial charge >= 0.3 is 0 Å². The third-order valence-corrected chi connectivity index (χ3v) is 7.01. The van der Waals surface area contributed by atoms with Crippen molar-refractivity contribution >= 4 is 38.3 Å². The molecule has 4 rings (SSSR count). The van der Waals surface area contributed by atoms with Crippen LogP contribution in [0.15, 0.2) is 72.6 Å². The van der Waals surface area contributed by atoms with Crippen LogP contribution in [-0.2, 0) is 14.8 Å². The highest BCUT2D eigenvalue weighted by molar-refractivity contribution is 7.89. The maximum absolute atomic E-state index is 12.8. The summed E-state index contributed by atoms with van der Waals surface area (Å²) in [7, 11) is -3.54. The Bertz CT molecular complexity index is 1480. The summed E-state index contributed by atoms with van der Waals surface area (Å²) in [6.45, 7) is -0.340. The highest BCUT2D eigenvalue weighted by atomic mass is 32.2. The maximum Gasteiger partial charge on any atom is 0.253 e. The summed E-state index contributed by atoms with van der Waals surface area (Å²) in [6, 6.07) is 11.9. The number of carbonyl (C=O) groups excluding carboxylic acids is 2. The first-order valence-electron chi connectivity index (χ1n) is 10.8. The molecule has 3 N–H and O–H groups in total. The first-order chi connectivity index (χ1) is 17.2. The number of aromatic nitrogens is 3. The van der Waals surface area contributed by atoms with Crippen LogP contribution in [0.25, 0.3) is 22.4 Å². The normalized spacial score (nSPS) is 12.2. The Kier molecular flexibility index (Phi) is 7.58. The molecule has 186 valence electrons. The zero-order valence-electron chi connectivity index (χ0n) is 19.2. The van der Waals surface area contributed by atoms with E-state index in [9.17, 15) is 23.1 Å². The van der Waals surface area contributed by atoms with E-state index in [1.54, 1.807) is 12.4 Å². The summed E-state index contributed by atoms with van der Waals surface area (Å²) < 4.78 is 24.2. The fraction of sp³-hybridized carbons (Fsp3) is 0.167. The molecule has 3 aromatic heterocycles. The molecule has 0 aliphatic rings. The van der Waals surface area contributed by atoms with Gasteiger partial charge in [0.05, 0.1) is 17.5 Å². The molecule has 4 aromatic rings. The molecule has 12 heteroatoms. The molecule has 0 aliphatic heterocycles. The summed E-state index contributed by atoms with van der Waals surface area (Å²) in [5.41, 5.74) is 3.64. The maximum atomic E-state index is 12.8. The number of amides is 2. The van der Waals surface area contributed by atoms with Gasteiger partial charge in [-0.25, -0.2) is 13.4 Å². The molecule has 10 nitrogen and oxygen atoms in total. The molecule has 0 saturated heterocycles. The van der Waals surface area contributed by atoms with Gasteiger partial charge in [-0.15, -0.1) is 11.3 Å². The number of hydrogen-bond donors (Lipinski definition) is 3. The van der Waals surface area contributed by atoms with Crippen LogP contribution >= 0.6 is 11.3 Å². The largest absolute Gasteiger partial charge is 0.396 e. The van der Waals surface area contributed by atoms with Crippen molar-refractivity contribution in [3.05, 3.63) is 78.2 Å². The van der Waals surface area contributed by atoms with Gasteiger partial charge in [0.2, 0.25) is 15.9 Å². The summed E-state index contributed by atoms with van der Waals surface area (Å²) in [4.78, 5) is 33.9. The van der Waals surface area contributed by atoms with Crippen LogP contribution in [0.1, 0.15) is 16.8 Å². The average Bonchev–Trinajstić information content (AvgIpc) is 3.55. The number of aliphatic hydroxyl groups excluding tert-OH is 1. The average molecular weight is 526 g/mol. The predicted molar refractivity (Wildman–Crippen MR) is 137 cm³/mol. The number of anilines is 1. The van der Waals surface area contributed by atoms with E-state index < -0.39 is 27.9 Å². The van der Waals surface area contributed by atoms with Gasteiger partial charge in [-0.2, -0.15) is 0 Å². The number of thiazole rings is 1. The Labute approximate surface area is 211 Å². The molecular weight excluding hydrogens is 502 g/mol. The molecule has 0 spiro atoms. The van der Waals surface area contributed by atoms with Crippen LogP contribution in [0.4, 0.5) is 5.13 Å². The van der Waals surface area contributed by atoms with E-state index in [1.165, 1.54) is 23.6 Å². The second kappa shape index (κ2) is 10.8. The molecule has 0 aliphatic carbocycles. The van der Waals surface area contributed by atoms with Crippen molar-refractivity contribution in [2.75, 3.05) is 18.2 Å². The molecule has 1 atom stereocenters. The van der Waals surface area contributed by atoms with Crippen molar-refractivity contribution in [1.29, 1.82) is 0 Å². The van der Waals surface area contributed by atoms with Crippen molar-refractivity contribution in [3.8, 4) is 22.4 Å². The van der Waals surface area contributed by atoms with E-state index in [2.05, 4.69) is 20.6 Å². The van der Waals surface area contributed by atoms with Gasteiger partial charge in [0.15, 0.2) is 5.13 Å². The minimum absolute atomic E-state index is 0.0312. The first-order valence-corrected chi connectivity index (χ1v) is 13.5. The SMILES string of the molecule is CS(=O)(=O)n1ccc(C(=O)NC(CCO)C(=O)Nc2nc(-c3cccc(-c4ccncc4)c3)cs2)c1. The second-order valence-corrected chi connectivity index (χ2v) is 10.6. The fourth-order valence-corrected chi connectivity index (χ4v) is 4.73. The van der Waals surface area contributed by atoms with E-state index >= 15 is 0 Å². The fourth-order valence-electron chi connectivity index (χ4n) is 3.42. The molecule has 0 radical (unpaired) electrons. The highest BCUT2D eigenvalue weighted by Gasteiger charge is 2.23. The summed E-state index contributed by atoms with van der Waals surface area (Å²) in [6.07, 6.45) is 6.82. The Morgan fingerprint density at radius 1 is 1.11 bits per heavy atom. The van der Waals surface area contributed by atoms with E-state index in [0.29, 0.717) is 10.8 Å². The summed E-state index contributed by atoms with van der Waals surface area (Å²) >= 11 is 1.23. The standard InChI is InChI=1S/C24H23N5O5S2/c1-36(33,34)29-11-7-19(14-29)22(31)26-20(8-12-30)23(32)28-24-27-21(15-35-24)18-4-2-3-17(13-18)16-5-9-25-10-6-16/h2-7,9-11,13-15,20,30H,8,12H2,1H3,(H,26,31)(H,27,28,32).